The van der Waals surface area contributed by atoms with Gasteiger partial charge in [-0.3, -0.25) is 4.90 Å². The fraction of sp³-hybridized carbons (Fsp3) is 0.533. The molecule has 8 nitrogen and oxygen atoms in total. The summed E-state index contributed by atoms with van der Waals surface area (Å²) in [5.41, 5.74) is 8.04. The zero-order valence-electron chi connectivity index (χ0n) is 13.0. The third-order valence-corrected chi connectivity index (χ3v) is 4.30. The van der Waals surface area contributed by atoms with E-state index in [1.54, 1.807) is 6.08 Å². The number of hydrogen-bond acceptors (Lipinski definition) is 8. The fourth-order valence-corrected chi connectivity index (χ4v) is 3.05. The van der Waals surface area contributed by atoms with Crippen LogP contribution in [0.2, 0.25) is 0 Å². The lowest BCUT2D eigenvalue weighted by molar-refractivity contribution is 0.122. The summed E-state index contributed by atoms with van der Waals surface area (Å²) in [6.07, 6.45) is 4.63. The predicted octanol–water partition coefficient (Wildman–Crippen LogP) is -0.393. The van der Waals surface area contributed by atoms with Gasteiger partial charge in [0.05, 0.1) is 18.9 Å². The Hall–Kier alpha value is -2.19. The van der Waals surface area contributed by atoms with Gasteiger partial charge in [-0.25, -0.2) is 9.98 Å². The Morgan fingerprint density at radius 2 is 2.09 bits per heavy atom. The molecule has 1 fully saturated rings. The predicted molar refractivity (Wildman–Crippen MR) is 88.6 cm³/mol. The molecular formula is C15H21N7O. The van der Waals surface area contributed by atoms with Crippen LogP contribution in [0.3, 0.4) is 0 Å². The molecule has 4 heterocycles. The summed E-state index contributed by atoms with van der Waals surface area (Å²) in [4.78, 5) is 18.1. The molecule has 0 amide bonds. The molecular weight excluding hydrogens is 294 g/mol. The van der Waals surface area contributed by atoms with Gasteiger partial charge in [0.1, 0.15) is 18.3 Å². The van der Waals surface area contributed by atoms with Crippen LogP contribution in [0.15, 0.2) is 17.3 Å². The molecule has 1 aromatic rings. The van der Waals surface area contributed by atoms with Gasteiger partial charge in [-0.05, 0) is 19.0 Å². The Bertz CT molecular complexity index is 651. The largest absolute Gasteiger partial charge is 0.384 e. The lowest BCUT2D eigenvalue weighted by Crippen LogP contribution is -2.39. The van der Waals surface area contributed by atoms with Crippen LogP contribution in [0.4, 0.5) is 11.8 Å². The Balaban J connectivity index is 1.71. The van der Waals surface area contributed by atoms with Gasteiger partial charge in [0.15, 0.2) is 0 Å². The van der Waals surface area contributed by atoms with Crippen LogP contribution < -0.4 is 20.9 Å². The maximum Gasteiger partial charge on any atom is 0.233 e. The SMILES string of the molecule is NC1=NCN(c2nc3c(c(N4CCOCC4)n2)CCNC3)C=C1. The highest BCUT2D eigenvalue weighted by molar-refractivity contribution is 5.92. The summed E-state index contributed by atoms with van der Waals surface area (Å²) in [5, 5.41) is 3.39. The second-order valence-corrected chi connectivity index (χ2v) is 5.81. The Labute approximate surface area is 135 Å². The van der Waals surface area contributed by atoms with Crippen molar-refractivity contribution in [1.29, 1.82) is 0 Å². The zero-order valence-corrected chi connectivity index (χ0v) is 13.0. The topological polar surface area (TPSA) is 91.9 Å². The van der Waals surface area contributed by atoms with Crippen LogP contribution >= 0.6 is 0 Å². The van der Waals surface area contributed by atoms with E-state index in [-0.39, 0.29) is 0 Å². The highest BCUT2D eigenvalue weighted by Crippen LogP contribution is 2.27. The first kappa shape index (κ1) is 14.4. The molecule has 3 aliphatic rings. The molecule has 1 aromatic heterocycles. The highest BCUT2D eigenvalue weighted by atomic mass is 16.5. The van der Waals surface area contributed by atoms with E-state index >= 15 is 0 Å². The van der Waals surface area contributed by atoms with Crippen molar-refractivity contribution >= 4 is 17.6 Å². The number of anilines is 2. The van der Waals surface area contributed by atoms with Gasteiger partial charge in [0.25, 0.3) is 0 Å². The summed E-state index contributed by atoms with van der Waals surface area (Å²) in [6, 6.07) is 0. The summed E-state index contributed by atoms with van der Waals surface area (Å²) in [6.45, 7) is 5.45. The Morgan fingerprint density at radius 1 is 1.22 bits per heavy atom. The highest BCUT2D eigenvalue weighted by Gasteiger charge is 2.24. The van der Waals surface area contributed by atoms with Crippen molar-refractivity contribution in [3.05, 3.63) is 23.5 Å². The third kappa shape index (κ3) is 2.87. The van der Waals surface area contributed by atoms with Crippen LogP contribution in [-0.2, 0) is 17.7 Å². The van der Waals surface area contributed by atoms with E-state index in [4.69, 9.17) is 20.4 Å². The van der Waals surface area contributed by atoms with E-state index in [0.29, 0.717) is 18.5 Å². The van der Waals surface area contributed by atoms with Gasteiger partial charge < -0.3 is 20.7 Å². The van der Waals surface area contributed by atoms with Crippen molar-refractivity contribution in [1.82, 2.24) is 15.3 Å². The number of rotatable bonds is 2. The smallest absolute Gasteiger partial charge is 0.233 e. The average Bonchev–Trinajstić information content (AvgIpc) is 2.62. The van der Waals surface area contributed by atoms with Gasteiger partial charge in [-0.15, -0.1) is 0 Å². The number of aliphatic imine (C=N–C) groups is 1. The molecule has 0 spiro atoms. The molecule has 0 bridgehead atoms. The number of nitrogens with one attached hydrogen (secondary N) is 1. The van der Waals surface area contributed by atoms with Gasteiger partial charge >= 0.3 is 0 Å². The molecule has 3 aliphatic heterocycles. The van der Waals surface area contributed by atoms with Crippen LogP contribution in [-0.4, -0.2) is 55.3 Å². The molecule has 0 radical (unpaired) electrons. The minimum atomic E-state index is 0.455. The molecule has 4 rings (SSSR count). The molecule has 0 unspecified atom stereocenters. The van der Waals surface area contributed by atoms with Crippen LogP contribution in [0.5, 0.6) is 0 Å². The van der Waals surface area contributed by atoms with E-state index in [1.807, 2.05) is 11.1 Å². The molecule has 0 aliphatic carbocycles. The number of hydrogen-bond donors (Lipinski definition) is 2. The van der Waals surface area contributed by atoms with Crippen molar-refractivity contribution < 1.29 is 4.74 Å². The number of nitrogens with two attached hydrogens (primary N) is 1. The molecule has 23 heavy (non-hydrogen) atoms. The summed E-state index contributed by atoms with van der Waals surface area (Å²) in [7, 11) is 0. The monoisotopic (exact) mass is 315 g/mol. The van der Waals surface area contributed by atoms with Crippen molar-refractivity contribution in [2.45, 2.75) is 13.0 Å². The van der Waals surface area contributed by atoms with Gasteiger partial charge in [-0.1, -0.05) is 0 Å². The van der Waals surface area contributed by atoms with Gasteiger partial charge in [-0.2, -0.15) is 4.98 Å². The van der Waals surface area contributed by atoms with E-state index in [1.165, 1.54) is 5.56 Å². The van der Waals surface area contributed by atoms with Crippen molar-refractivity contribution in [3.8, 4) is 0 Å². The quantitative estimate of drug-likeness (QED) is 0.768. The van der Waals surface area contributed by atoms with E-state index < -0.39 is 0 Å². The van der Waals surface area contributed by atoms with Crippen molar-refractivity contribution in [2.75, 3.05) is 49.3 Å². The second-order valence-electron chi connectivity index (χ2n) is 5.81. The molecule has 8 heteroatoms. The van der Waals surface area contributed by atoms with Crippen molar-refractivity contribution in [2.24, 2.45) is 10.7 Å². The molecule has 122 valence electrons. The minimum absolute atomic E-state index is 0.455. The van der Waals surface area contributed by atoms with Crippen LogP contribution in [0.1, 0.15) is 11.3 Å². The average molecular weight is 315 g/mol. The number of aromatic nitrogens is 2. The van der Waals surface area contributed by atoms with Crippen LogP contribution in [0, 0.1) is 0 Å². The number of nitrogens with zero attached hydrogens (tertiary/aromatic N) is 5. The molecule has 3 N–H and O–H groups in total. The first-order valence-electron chi connectivity index (χ1n) is 7.99. The summed E-state index contributed by atoms with van der Waals surface area (Å²) in [5.74, 6) is 2.27. The fourth-order valence-electron chi connectivity index (χ4n) is 3.05. The normalized spacial score (nSPS) is 21.1. The molecule has 0 saturated carbocycles. The van der Waals surface area contributed by atoms with Gasteiger partial charge in [0, 0.05) is 31.4 Å². The summed E-state index contributed by atoms with van der Waals surface area (Å²) < 4.78 is 5.47. The third-order valence-electron chi connectivity index (χ3n) is 4.30. The molecule has 1 saturated heterocycles. The molecule has 0 atom stereocenters. The Morgan fingerprint density at radius 3 is 2.87 bits per heavy atom. The first-order valence-corrected chi connectivity index (χ1v) is 7.99. The van der Waals surface area contributed by atoms with Crippen molar-refractivity contribution in [3.63, 3.8) is 0 Å². The van der Waals surface area contributed by atoms with E-state index in [2.05, 4.69) is 15.2 Å². The number of ether oxygens (including phenoxy) is 1. The van der Waals surface area contributed by atoms with Crippen LogP contribution in [0.25, 0.3) is 0 Å². The van der Waals surface area contributed by atoms with E-state index in [0.717, 1.165) is 57.3 Å². The maximum atomic E-state index is 5.70. The lowest BCUT2D eigenvalue weighted by Gasteiger charge is -2.32. The summed E-state index contributed by atoms with van der Waals surface area (Å²) >= 11 is 0. The first-order chi connectivity index (χ1) is 11.3. The second kappa shape index (κ2) is 6.13. The Kier molecular flexibility index (Phi) is 3.84. The number of amidine groups is 1. The van der Waals surface area contributed by atoms with Gasteiger partial charge in [0.2, 0.25) is 5.95 Å². The lowest BCUT2D eigenvalue weighted by atomic mass is 10.1. The minimum Gasteiger partial charge on any atom is -0.384 e. The maximum absolute atomic E-state index is 5.70. The standard InChI is InChI=1S/C15H21N7O/c16-13-2-4-22(10-18-13)15-19-12-9-17-3-1-11(12)14(20-15)21-5-7-23-8-6-21/h2,4,17H,1,3,5-10H2,(H2,16,18). The number of fused-ring (bicyclic) bond motifs is 1. The zero-order chi connectivity index (χ0) is 15.6. The van der Waals surface area contributed by atoms with E-state index in [9.17, 15) is 0 Å². The number of morpholine rings is 1. The molecule has 0 aromatic carbocycles.